The lowest BCUT2D eigenvalue weighted by Gasteiger charge is -2.14. The highest BCUT2D eigenvalue weighted by molar-refractivity contribution is 8.26. The van der Waals surface area contributed by atoms with Crippen LogP contribution in [0.5, 0.6) is 5.75 Å². The van der Waals surface area contributed by atoms with E-state index in [2.05, 4.69) is 0 Å². The smallest absolute Gasteiger partial charge is 0.433 e. The summed E-state index contributed by atoms with van der Waals surface area (Å²) in [7, 11) is 1.58. The second-order valence-corrected chi connectivity index (χ2v) is 6.72. The SMILES string of the molecule is COc1ccc(CN2C(=O)/C(=C/c3ccc([N+](=O)[O-])o3)SC2=S)cc1. The number of hydrogen-bond donors (Lipinski definition) is 0. The Morgan fingerprint density at radius 1 is 1.32 bits per heavy atom. The lowest BCUT2D eigenvalue weighted by molar-refractivity contribution is -0.402. The number of thiocarbonyl (C=S) groups is 1. The molecule has 1 amide bonds. The van der Waals surface area contributed by atoms with Gasteiger partial charge in [-0.3, -0.25) is 19.8 Å². The predicted octanol–water partition coefficient (Wildman–Crippen LogP) is 3.60. The van der Waals surface area contributed by atoms with Crippen molar-refractivity contribution in [1.29, 1.82) is 0 Å². The molecular formula is C16H12N2O5S2. The lowest BCUT2D eigenvalue weighted by atomic mass is 10.2. The van der Waals surface area contributed by atoms with Gasteiger partial charge in [0.05, 0.1) is 24.6 Å². The highest BCUT2D eigenvalue weighted by Crippen LogP contribution is 2.34. The third-order valence-electron chi connectivity index (χ3n) is 3.44. The maximum absolute atomic E-state index is 12.5. The largest absolute Gasteiger partial charge is 0.497 e. The molecule has 7 nitrogen and oxygen atoms in total. The molecule has 9 heteroatoms. The van der Waals surface area contributed by atoms with Crippen molar-refractivity contribution < 1.29 is 18.9 Å². The number of methoxy groups -OCH3 is 1. The maximum atomic E-state index is 12.5. The van der Waals surface area contributed by atoms with Gasteiger partial charge in [0.2, 0.25) is 0 Å². The fourth-order valence-electron chi connectivity index (χ4n) is 2.20. The summed E-state index contributed by atoms with van der Waals surface area (Å²) in [6, 6.07) is 10.0. The minimum Gasteiger partial charge on any atom is -0.497 e. The maximum Gasteiger partial charge on any atom is 0.433 e. The number of benzene rings is 1. The van der Waals surface area contributed by atoms with E-state index in [-0.39, 0.29) is 17.6 Å². The van der Waals surface area contributed by atoms with Crippen LogP contribution in [0.2, 0.25) is 0 Å². The van der Waals surface area contributed by atoms with Gasteiger partial charge < -0.3 is 9.15 Å². The minimum atomic E-state index is -0.633. The molecular weight excluding hydrogens is 364 g/mol. The van der Waals surface area contributed by atoms with Gasteiger partial charge in [0, 0.05) is 6.08 Å². The lowest BCUT2D eigenvalue weighted by Crippen LogP contribution is -2.27. The van der Waals surface area contributed by atoms with E-state index in [1.165, 1.54) is 23.1 Å². The third kappa shape index (κ3) is 3.72. The van der Waals surface area contributed by atoms with Crippen LogP contribution in [-0.4, -0.2) is 27.2 Å². The van der Waals surface area contributed by atoms with Crippen molar-refractivity contribution >= 4 is 46.2 Å². The zero-order valence-corrected chi connectivity index (χ0v) is 14.6. The highest BCUT2D eigenvalue weighted by Gasteiger charge is 2.32. The van der Waals surface area contributed by atoms with Crippen molar-refractivity contribution in [1.82, 2.24) is 4.90 Å². The molecule has 0 aliphatic carbocycles. The molecule has 25 heavy (non-hydrogen) atoms. The van der Waals surface area contributed by atoms with Crippen LogP contribution in [-0.2, 0) is 11.3 Å². The van der Waals surface area contributed by atoms with Crippen LogP contribution in [0.3, 0.4) is 0 Å². The van der Waals surface area contributed by atoms with Gasteiger partial charge in [-0.25, -0.2) is 0 Å². The Bertz CT molecular complexity index is 873. The molecule has 2 aromatic rings. The Morgan fingerprint density at radius 3 is 2.64 bits per heavy atom. The average molecular weight is 376 g/mol. The van der Waals surface area contributed by atoms with Gasteiger partial charge in [-0.05, 0) is 23.8 Å². The summed E-state index contributed by atoms with van der Waals surface area (Å²) < 4.78 is 10.6. The van der Waals surface area contributed by atoms with E-state index in [1.807, 2.05) is 24.3 Å². The van der Waals surface area contributed by atoms with Crippen LogP contribution in [0.4, 0.5) is 5.88 Å². The molecule has 0 spiro atoms. The van der Waals surface area contributed by atoms with E-state index in [0.717, 1.165) is 23.1 Å². The summed E-state index contributed by atoms with van der Waals surface area (Å²) in [5.74, 6) is 0.329. The molecule has 0 N–H and O–H groups in total. The zero-order chi connectivity index (χ0) is 18.0. The molecule has 0 saturated carbocycles. The van der Waals surface area contributed by atoms with Gasteiger partial charge in [0.15, 0.2) is 0 Å². The van der Waals surface area contributed by atoms with Gasteiger partial charge in [-0.15, -0.1) is 0 Å². The topological polar surface area (TPSA) is 85.8 Å². The predicted molar refractivity (Wildman–Crippen MR) is 97.1 cm³/mol. The molecule has 1 aliphatic rings. The number of furan rings is 1. The first-order valence-corrected chi connectivity index (χ1v) is 8.33. The standard InChI is InChI=1S/C16H12N2O5S2/c1-22-11-4-2-10(3-5-11)9-17-15(19)13(25-16(17)24)8-12-6-7-14(23-12)18(20)21/h2-8H,9H2,1H3/b13-8-. The van der Waals surface area contributed by atoms with Crippen molar-refractivity contribution in [2.24, 2.45) is 0 Å². The molecule has 1 fully saturated rings. The van der Waals surface area contributed by atoms with Gasteiger partial charge in [0.1, 0.15) is 20.8 Å². The quantitative estimate of drug-likeness (QED) is 0.341. The molecule has 0 atom stereocenters. The molecule has 1 aromatic heterocycles. The summed E-state index contributed by atoms with van der Waals surface area (Å²) in [6.07, 6.45) is 1.46. The summed E-state index contributed by atoms with van der Waals surface area (Å²) in [5.41, 5.74) is 0.909. The first-order valence-electron chi connectivity index (χ1n) is 7.10. The monoisotopic (exact) mass is 376 g/mol. The third-order valence-corrected chi connectivity index (χ3v) is 4.82. The number of thioether (sulfide) groups is 1. The minimum absolute atomic E-state index is 0.233. The molecule has 1 aromatic carbocycles. The van der Waals surface area contributed by atoms with Crippen molar-refractivity contribution in [2.75, 3.05) is 7.11 Å². The number of nitrogens with zero attached hydrogens (tertiary/aromatic N) is 2. The number of rotatable bonds is 5. The van der Waals surface area contributed by atoms with E-state index in [1.54, 1.807) is 7.11 Å². The van der Waals surface area contributed by atoms with E-state index in [4.69, 9.17) is 21.4 Å². The van der Waals surface area contributed by atoms with Crippen LogP contribution >= 0.6 is 24.0 Å². The van der Waals surface area contributed by atoms with Gasteiger partial charge in [0.25, 0.3) is 5.91 Å². The Kier molecular flexibility index (Phi) is 4.86. The summed E-state index contributed by atoms with van der Waals surface area (Å²) >= 11 is 6.40. The number of nitro groups is 1. The Labute approximate surface area is 152 Å². The molecule has 128 valence electrons. The van der Waals surface area contributed by atoms with E-state index >= 15 is 0 Å². The molecule has 1 aliphatic heterocycles. The van der Waals surface area contributed by atoms with Crippen molar-refractivity contribution in [3.05, 3.63) is 62.7 Å². The van der Waals surface area contributed by atoms with Crippen molar-refractivity contribution in [3.63, 3.8) is 0 Å². The van der Waals surface area contributed by atoms with Crippen LogP contribution in [0, 0.1) is 10.1 Å². The van der Waals surface area contributed by atoms with Gasteiger partial charge >= 0.3 is 5.88 Å². The van der Waals surface area contributed by atoms with E-state index in [0.29, 0.717) is 15.8 Å². The van der Waals surface area contributed by atoms with E-state index in [9.17, 15) is 14.9 Å². The van der Waals surface area contributed by atoms with E-state index < -0.39 is 4.92 Å². The fourth-order valence-corrected chi connectivity index (χ4v) is 3.43. The molecule has 2 heterocycles. The first kappa shape index (κ1) is 17.2. The van der Waals surface area contributed by atoms with Crippen LogP contribution in [0.1, 0.15) is 11.3 Å². The Balaban J connectivity index is 1.76. The van der Waals surface area contributed by atoms with Gasteiger partial charge in [-0.1, -0.05) is 36.1 Å². The molecule has 3 rings (SSSR count). The first-order chi connectivity index (χ1) is 12.0. The van der Waals surface area contributed by atoms with Crippen molar-refractivity contribution in [3.8, 4) is 5.75 Å². The summed E-state index contributed by atoms with van der Waals surface area (Å²) in [4.78, 5) is 24.4. The Morgan fingerprint density at radius 2 is 2.04 bits per heavy atom. The summed E-state index contributed by atoms with van der Waals surface area (Å²) in [5, 5.41) is 10.6. The highest BCUT2D eigenvalue weighted by atomic mass is 32.2. The average Bonchev–Trinajstić information content (AvgIpc) is 3.16. The molecule has 0 radical (unpaired) electrons. The summed E-state index contributed by atoms with van der Waals surface area (Å²) in [6.45, 7) is 0.338. The molecule has 1 saturated heterocycles. The van der Waals surface area contributed by atoms with Crippen LogP contribution in [0.15, 0.2) is 45.7 Å². The molecule has 0 unspecified atom stereocenters. The van der Waals surface area contributed by atoms with Crippen LogP contribution in [0.25, 0.3) is 6.08 Å². The number of hydrogen-bond acceptors (Lipinski definition) is 7. The fraction of sp³-hybridized carbons (Fsp3) is 0.125. The number of ether oxygens (including phenoxy) is 1. The number of carbonyl (C=O) groups excluding carboxylic acids is 1. The zero-order valence-electron chi connectivity index (χ0n) is 13.0. The second-order valence-electron chi connectivity index (χ2n) is 5.05. The number of amides is 1. The molecule has 0 bridgehead atoms. The number of carbonyl (C=O) groups is 1. The second kappa shape index (κ2) is 7.08. The van der Waals surface area contributed by atoms with Crippen LogP contribution < -0.4 is 4.74 Å². The normalized spacial score (nSPS) is 15.9. The van der Waals surface area contributed by atoms with Gasteiger partial charge in [-0.2, -0.15) is 0 Å². The Hall–Kier alpha value is -2.65. The van der Waals surface area contributed by atoms with Crippen molar-refractivity contribution in [2.45, 2.75) is 6.54 Å².